The highest BCUT2D eigenvalue weighted by atomic mass is 79.9. The van der Waals surface area contributed by atoms with Crippen LogP contribution in [0.3, 0.4) is 0 Å². The van der Waals surface area contributed by atoms with Crippen LogP contribution in [0.4, 0.5) is 0 Å². The molecule has 3 aromatic rings. The first-order valence-corrected chi connectivity index (χ1v) is 8.35. The van der Waals surface area contributed by atoms with Gasteiger partial charge in [-0.15, -0.1) is 11.3 Å². The Morgan fingerprint density at radius 2 is 1.95 bits per heavy atom. The summed E-state index contributed by atoms with van der Waals surface area (Å²) in [5, 5.41) is 1.65. The highest BCUT2D eigenvalue weighted by Gasteiger charge is 2.15. The summed E-state index contributed by atoms with van der Waals surface area (Å²) < 4.78 is 3.05. The van der Waals surface area contributed by atoms with Crippen molar-refractivity contribution in [2.24, 2.45) is 0 Å². The minimum absolute atomic E-state index is 0.689. The van der Waals surface area contributed by atoms with E-state index >= 15 is 0 Å². The van der Waals surface area contributed by atoms with E-state index in [0.29, 0.717) is 5.02 Å². The summed E-state index contributed by atoms with van der Waals surface area (Å²) in [4.78, 5) is 4.69. The number of thiazole rings is 1. The first kappa shape index (κ1) is 13.6. The molecule has 0 saturated heterocycles. The minimum Gasteiger partial charge on any atom is -0.236 e. The zero-order valence-electron chi connectivity index (χ0n) is 9.88. The number of nitrogens with zero attached hydrogens (tertiary/aromatic N) is 1. The third-order valence-electron chi connectivity index (χ3n) is 2.80. The predicted molar refractivity (Wildman–Crippen MR) is 90.2 cm³/mol. The Hall–Kier alpha value is -0.420. The van der Waals surface area contributed by atoms with Crippen molar-refractivity contribution in [3.63, 3.8) is 0 Å². The molecule has 0 radical (unpaired) electrons. The molecule has 0 fully saturated rings. The molecular weight excluding hydrogens is 409 g/mol. The Balaban J connectivity index is 2.27. The Bertz CT molecular complexity index is 782. The fourth-order valence-corrected chi connectivity index (χ4v) is 4.73. The maximum absolute atomic E-state index is 6.17. The topological polar surface area (TPSA) is 12.9 Å². The third kappa shape index (κ3) is 2.47. The standard InChI is InChI=1S/C14H8Br2ClNS/c1-7-2-5-10-11(6-7)19-14(18-10)12-8(15)3-4-9(17)13(12)16/h2-6H,1H3. The monoisotopic (exact) mass is 415 g/mol. The van der Waals surface area contributed by atoms with Gasteiger partial charge in [-0.1, -0.05) is 33.6 Å². The van der Waals surface area contributed by atoms with Crippen molar-refractivity contribution < 1.29 is 0 Å². The fraction of sp³-hybridized carbons (Fsp3) is 0.0714. The van der Waals surface area contributed by atoms with Crippen LogP contribution in [-0.2, 0) is 0 Å². The van der Waals surface area contributed by atoms with E-state index in [1.807, 2.05) is 12.1 Å². The molecule has 3 rings (SSSR count). The summed E-state index contributed by atoms with van der Waals surface area (Å²) in [5.41, 5.74) is 3.27. The number of hydrogen-bond donors (Lipinski definition) is 0. The van der Waals surface area contributed by atoms with Gasteiger partial charge in [0.05, 0.1) is 15.2 Å². The van der Waals surface area contributed by atoms with E-state index in [1.165, 1.54) is 10.3 Å². The summed E-state index contributed by atoms with van der Waals surface area (Å²) in [6.45, 7) is 2.09. The van der Waals surface area contributed by atoms with Gasteiger partial charge in [0.25, 0.3) is 0 Å². The molecule has 1 heterocycles. The van der Waals surface area contributed by atoms with Gasteiger partial charge in [0, 0.05) is 14.5 Å². The largest absolute Gasteiger partial charge is 0.236 e. The number of fused-ring (bicyclic) bond motifs is 1. The summed E-state index contributed by atoms with van der Waals surface area (Å²) in [6, 6.07) is 10.1. The molecule has 0 aliphatic heterocycles. The van der Waals surface area contributed by atoms with Crippen molar-refractivity contribution in [3.05, 3.63) is 49.9 Å². The summed E-state index contributed by atoms with van der Waals surface area (Å²) in [7, 11) is 0. The Labute approximate surface area is 136 Å². The van der Waals surface area contributed by atoms with Gasteiger partial charge in [-0.2, -0.15) is 0 Å². The Kier molecular flexibility index (Phi) is 3.69. The Morgan fingerprint density at radius 1 is 1.16 bits per heavy atom. The van der Waals surface area contributed by atoms with Gasteiger partial charge in [-0.25, -0.2) is 4.98 Å². The van der Waals surface area contributed by atoms with E-state index in [4.69, 9.17) is 11.6 Å². The van der Waals surface area contributed by atoms with Crippen LogP contribution in [0.2, 0.25) is 5.02 Å². The maximum atomic E-state index is 6.17. The lowest BCUT2D eigenvalue weighted by Crippen LogP contribution is -1.82. The normalized spacial score (nSPS) is 11.2. The number of benzene rings is 2. The SMILES string of the molecule is Cc1ccc2nc(-c3c(Br)ccc(Cl)c3Br)sc2c1. The number of aryl methyl sites for hydroxylation is 1. The molecule has 19 heavy (non-hydrogen) atoms. The average molecular weight is 418 g/mol. The van der Waals surface area contributed by atoms with Gasteiger partial charge in [0.15, 0.2) is 0 Å². The lowest BCUT2D eigenvalue weighted by Gasteiger charge is -2.05. The summed E-state index contributed by atoms with van der Waals surface area (Å²) >= 11 is 15.0. The third-order valence-corrected chi connectivity index (χ3v) is 5.87. The summed E-state index contributed by atoms with van der Waals surface area (Å²) in [5.74, 6) is 0. The lowest BCUT2D eigenvalue weighted by molar-refractivity contribution is 1.44. The van der Waals surface area contributed by atoms with Crippen LogP contribution in [0.25, 0.3) is 20.8 Å². The second-order valence-corrected chi connectivity index (χ2v) is 7.29. The van der Waals surface area contributed by atoms with Crippen molar-refractivity contribution >= 4 is 65.0 Å². The molecule has 0 atom stereocenters. The molecule has 2 aromatic carbocycles. The molecule has 0 aliphatic rings. The van der Waals surface area contributed by atoms with Crippen LogP contribution in [0, 0.1) is 6.92 Å². The highest BCUT2D eigenvalue weighted by Crippen LogP contribution is 2.42. The van der Waals surface area contributed by atoms with Crippen LogP contribution in [0.15, 0.2) is 39.3 Å². The number of aromatic nitrogens is 1. The van der Waals surface area contributed by atoms with E-state index in [0.717, 1.165) is 25.0 Å². The Morgan fingerprint density at radius 3 is 2.74 bits per heavy atom. The molecule has 0 aliphatic carbocycles. The molecule has 5 heteroatoms. The van der Waals surface area contributed by atoms with Crippen LogP contribution >= 0.6 is 54.8 Å². The zero-order valence-corrected chi connectivity index (χ0v) is 14.6. The molecule has 0 spiro atoms. The quantitative estimate of drug-likeness (QED) is 0.415. The molecule has 1 nitrogen and oxygen atoms in total. The zero-order chi connectivity index (χ0) is 13.6. The first-order valence-electron chi connectivity index (χ1n) is 5.57. The molecule has 0 unspecified atom stereocenters. The molecule has 1 aromatic heterocycles. The molecule has 96 valence electrons. The van der Waals surface area contributed by atoms with Gasteiger partial charge >= 0.3 is 0 Å². The van der Waals surface area contributed by atoms with Gasteiger partial charge in [-0.3, -0.25) is 0 Å². The lowest BCUT2D eigenvalue weighted by atomic mass is 10.2. The van der Waals surface area contributed by atoms with Gasteiger partial charge < -0.3 is 0 Å². The van der Waals surface area contributed by atoms with E-state index < -0.39 is 0 Å². The van der Waals surface area contributed by atoms with Crippen LogP contribution < -0.4 is 0 Å². The smallest absolute Gasteiger partial charge is 0.126 e. The van der Waals surface area contributed by atoms with Crippen molar-refractivity contribution in [1.29, 1.82) is 0 Å². The second kappa shape index (κ2) is 5.17. The fourth-order valence-electron chi connectivity index (χ4n) is 1.86. The van der Waals surface area contributed by atoms with Crippen LogP contribution in [0.5, 0.6) is 0 Å². The van der Waals surface area contributed by atoms with Crippen molar-refractivity contribution in [2.45, 2.75) is 6.92 Å². The molecule has 0 bridgehead atoms. The maximum Gasteiger partial charge on any atom is 0.126 e. The first-order chi connectivity index (χ1) is 9.06. The van der Waals surface area contributed by atoms with E-state index in [1.54, 1.807) is 11.3 Å². The van der Waals surface area contributed by atoms with Crippen LogP contribution in [0.1, 0.15) is 5.56 Å². The van der Waals surface area contributed by atoms with Gasteiger partial charge in [0.1, 0.15) is 5.01 Å². The molecular formula is C14H8Br2ClNS. The molecule has 0 amide bonds. The van der Waals surface area contributed by atoms with E-state index in [-0.39, 0.29) is 0 Å². The summed E-state index contributed by atoms with van der Waals surface area (Å²) in [6.07, 6.45) is 0. The molecule has 0 saturated carbocycles. The minimum atomic E-state index is 0.689. The van der Waals surface area contributed by atoms with E-state index in [9.17, 15) is 0 Å². The van der Waals surface area contributed by atoms with Gasteiger partial charge in [-0.05, 0) is 52.7 Å². The predicted octanol–water partition coefficient (Wildman–Crippen LogP) is 6.45. The van der Waals surface area contributed by atoms with E-state index in [2.05, 4.69) is 62.0 Å². The van der Waals surface area contributed by atoms with Crippen molar-refractivity contribution in [2.75, 3.05) is 0 Å². The second-order valence-electron chi connectivity index (χ2n) is 4.21. The van der Waals surface area contributed by atoms with Crippen molar-refractivity contribution in [3.8, 4) is 10.6 Å². The number of hydrogen-bond acceptors (Lipinski definition) is 2. The number of halogens is 3. The van der Waals surface area contributed by atoms with Crippen molar-refractivity contribution in [1.82, 2.24) is 4.98 Å². The molecule has 0 N–H and O–H groups in total. The highest BCUT2D eigenvalue weighted by molar-refractivity contribution is 9.11. The average Bonchev–Trinajstić information content (AvgIpc) is 2.77. The van der Waals surface area contributed by atoms with Crippen LogP contribution in [-0.4, -0.2) is 4.98 Å². The van der Waals surface area contributed by atoms with Gasteiger partial charge in [0.2, 0.25) is 0 Å². The number of rotatable bonds is 1.